The van der Waals surface area contributed by atoms with E-state index in [9.17, 15) is 30.3 Å². The van der Waals surface area contributed by atoms with Crippen LogP contribution in [0.5, 0.6) is 0 Å². The van der Waals surface area contributed by atoms with Crippen molar-refractivity contribution in [1.29, 1.82) is 0 Å². The summed E-state index contributed by atoms with van der Waals surface area (Å²) in [6.07, 6.45) is -1.29. The Hall–Kier alpha value is -3.02. The highest BCUT2D eigenvalue weighted by molar-refractivity contribution is 6.30. The van der Waals surface area contributed by atoms with E-state index in [0.29, 0.717) is 27.4 Å². The number of hydrogen-bond donors (Lipinski definition) is 7. The number of methoxy groups -OCH3 is 1. The lowest BCUT2D eigenvalue weighted by molar-refractivity contribution is -0.266. The van der Waals surface area contributed by atoms with E-state index in [1.54, 1.807) is 54.6 Å². The molecule has 34 heavy (non-hydrogen) atoms. The first-order valence-corrected chi connectivity index (χ1v) is 10.5. The number of nitrogens with one attached hydrogen (secondary N) is 2. The van der Waals surface area contributed by atoms with Gasteiger partial charge in [-0.1, -0.05) is 48.0 Å². The van der Waals surface area contributed by atoms with Gasteiger partial charge in [0.1, 0.15) is 0 Å². The topological polar surface area (TPSA) is 152 Å². The van der Waals surface area contributed by atoms with Crippen molar-refractivity contribution in [3.63, 3.8) is 0 Å². The molecule has 1 atom stereocenters. The highest BCUT2D eigenvalue weighted by atomic mass is 35.5. The molecule has 3 aromatic carbocycles. The molecule has 0 radical (unpaired) electrons. The smallest absolute Gasteiger partial charge is 0.335 e. The number of carbonyl (C=O) groups is 1. The molecule has 0 heterocycles. The molecule has 0 saturated carbocycles. The van der Waals surface area contributed by atoms with E-state index in [-0.39, 0.29) is 5.56 Å². The van der Waals surface area contributed by atoms with Gasteiger partial charge in [0, 0.05) is 17.8 Å². The number of carboxylic acids is 1. The summed E-state index contributed by atoms with van der Waals surface area (Å²) in [6.45, 7) is -0.709. The summed E-state index contributed by atoms with van der Waals surface area (Å²) in [5.74, 6) is -6.32. The number of halogens is 1. The standard InChI is InChI=1S/C24H25ClN2O7/c1-34-21(17-7-3-9-19(25)12-17)24(32,33)26-14-23(30,31)27-20-10-4-6-16(13-20)15-5-2-8-18(11-15)22(28)29/h2-13,21,26-27,30-33H,14H2,1H3,(H,28,29). The average Bonchev–Trinajstić information content (AvgIpc) is 2.78. The second-order valence-electron chi connectivity index (χ2n) is 7.66. The molecule has 0 spiro atoms. The average molecular weight is 489 g/mol. The molecular formula is C24H25ClN2O7. The number of ether oxygens (including phenoxy) is 1. The second-order valence-corrected chi connectivity index (χ2v) is 8.10. The van der Waals surface area contributed by atoms with Crippen LogP contribution in [0.1, 0.15) is 22.0 Å². The van der Waals surface area contributed by atoms with E-state index in [0.717, 1.165) is 0 Å². The van der Waals surface area contributed by atoms with Crippen molar-refractivity contribution in [1.82, 2.24) is 5.32 Å². The minimum Gasteiger partial charge on any atom is -0.478 e. The van der Waals surface area contributed by atoms with Gasteiger partial charge in [-0.3, -0.25) is 5.32 Å². The van der Waals surface area contributed by atoms with Gasteiger partial charge in [-0.25, -0.2) is 4.79 Å². The van der Waals surface area contributed by atoms with E-state index in [1.165, 1.54) is 25.3 Å². The number of benzene rings is 3. The van der Waals surface area contributed by atoms with Crippen molar-refractivity contribution in [3.05, 3.63) is 88.9 Å². The zero-order valence-electron chi connectivity index (χ0n) is 18.1. The maximum absolute atomic E-state index is 11.2. The largest absolute Gasteiger partial charge is 0.478 e. The van der Waals surface area contributed by atoms with E-state index >= 15 is 0 Å². The monoisotopic (exact) mass is 488 g/mol. The van der Waals surface area contributed by atoms with Gasteiger partial charge in [0.2, 0.25) is 0 Å². The van der Waals surface area contributed by atoms with E-state index in [1.807, 2.05) is 0 Å². The Balaban J connectivity index is 1.72. The first-order chi connectivity index (χ1) is 16.0. The van der Waals surface area contributed by atoms with Crippen molar-refractivity contribution < 1.29 is 35.1 Å². The number of aromatic carboxylic acids is 1. The number of rotatable bonds is 10. The van der Waals surface area contributed by atoms with Crippen LogP contribution in [0.15, 0.2) is 72.8 Å². The maximum Gasteiger partial charge on any atom is 0.335 e. The van der Waals surface area contributed by atoms with Crippen LogP contribution >= 0.6 is 11.6 Å². The van der Waals surface area contributed by atoms with Crippen LogP contribution in [-0.2, 0) is 4.74 Å². The van der Waals surface area contributed by atoms with Crippen molar-refractivity contribution in [2.45, 2.75) is 17.9 Å². The highest BCUT2D eigenvalue weighted by Crippen LogP contribution is 2.28. The van der Waals surface area contributed by atoms with Crippen LogP contribution in [0.2, 0.25) is 5.02 Å². The fraction of sp³-hybridized carbons (Fsp3) is 0.208. The quantitative estimate of drug-likeness (QED) is 0.213. The molecule has 7 N–H and O–H groups in total. The van der Waals surface area contributed by atoms with Gasteiger partial charge in [0.05, 0.1) is 12.1 Å². The Morgan fingerprint density at radius 1 is 0.971 bits per heavy atom. The number of carboxylic acid groups (broad SMARTS) is 1. The zero-order valence-corrected chi connectivity index (χ0v) is 18.9. The molecule has 0 amide bonds. The lowest BCUT2D eigenvalue weighted by atomic mass is 10.0. The lowest BCUT2D eigenvalue weighted by Crippen LogP contribution is -2.58. The molecule has 0 aliphatic heterocycles. The molecule has 0 aliphatic carbocycles. The van der Waals surface area contributed by atoms with Crippen molar-refractivity contribution in [2.24, 2.45) is 0 Å². The van der Waals surface area contributed by atoms with Crippen molar-refractivity contribution >= 4 is 23.3 Å². The third-order valence-corrected chi connectivity index (χ3v) is 5.23. The summed E-state index contributed by atoms with van der Waals surface area (Å²) in [5, 5.41) is 56.1. The van der Waals surface area contributed by atoms with Crippen LogP contribution < -0.4 is 10.6 Å². The first kappa shape index (κ1) is 25.6. The predicted octanol–water partition coefficient (Wildman–Crippen LogP) is 2.37. The fourth-order valence-electron chi connectivity index (χ4n) is 3.43. The van der Waals surface area contributed by atoms with Gasteiger partial charge in [0.25, 0.3) is 11.8 Å². The molecule has 0 aromatic heterocycles. The molecular weight excluding hydrogens is 464 g/mol. The minimum absolute atomic E-state index is 0.119. The molecule has 1 unspecified atom stereocenters. The van der Waals surface area contributed by atoms with E-state index in [4.69, 9.17) is 16.3 Å². The Kier molecular flexibility index (Phi) is 7.90. The van der Waals surface area contributed by atoms with Crippen LogP contribution in [0.25, 0.3) is 11.1 Å². The van der Waals surface area contributed by atoms with Crippen molar-refractivity contribution in [3.8, 4) is 11.1 Å². The Labute approximate surface area is 200 Å². The van der Waals surface area contributed by atoms with Crippen LogP contribution in [0.4, 0.5) is 5.69 Å². The lowest BCUT2D eigenvalue weighted by Gasteiger charge is -2.34. The number of hydrogen-bond acceptors (Lipinski definition) is 8. The van der Waals surface area contributed by atoms with Crippen LogP contribution in [0.3, 0.4) is 0 Å². The summed E-state index contributed by atoms with van der Waals surface area (Å²) in [6, 6.07) is 19.2. The van der Waals surface area contributed by atoms with E-state index in [2.05, 4.69) is 10.6 Å². The molecule has 10 heteroatoms. The molecule has 3 aromatic rings. The van der Waals surface area contributed by atoms with Gasteiger partial charge in [-0.2, -0.15) is 0 Å². The Morgan fingerprint density at radius 3 is 2.26 bits per heavy atom. The van der Waals surface area contributed by atoms with E-state index < -0.39 is 30.4 Å². The fourth-order valence-corrected chi connectivity index (χ4v) is 3.63. The SMILES string of the molecule is COC(c1cccc(Cl)c1)C(O)(O)NCC(O)(O)Nc1cccc(-c2cccc(C(=O)O)c2)c1. The Bertz CT molecular complexity index is 1150. The highest BCUT2D eigenvalue weighted by Gasteiger charge is 2.38. The summed E-state index contributed by atoms with van der Waals surface area (Å²) >= 11 is 5.96. The normalized spacial score (nSPS) is 12.9. The third-order valence-electron chi connectivity index (χ3n) is 5.00. The Morgan fingerprint density at radius 2 is 1.62 bits per heavy atom. The molecule has 0 bridgehead atoms. The van der Waals surface area contributed by atoms with Gasteiger partial charge in [-0.05, 0) is 53.1 Å². The van der Waals surface area contributed by atoms with Crippen LogP contribution in [-0.4, -0.2) is 57.0 Å². The molecule has 0 aliphatic rings. The summed E-state index contributed by atoms with van der Waals surface area (Å²) in [5.41, 5.74) is 2.03. The molecule has 9 nitrogen and oxygen atoms in total. The second kappa shape index (κ2) is 10.5. The molecule has 180 valence electrons. The summed E-state index contributed by atoms with van der Waals surface area (Å²) < 4.78 is 5.18. The zero-order chi connectivity index (χ0) is 24.9. The number of aliphatic hydroxyl groups is 4. The molecule has 0 fully saturated rings. The van der Waals surface area contributed by atoms with Gasteiger partial charge >= 0.3 is 5.97 Å². The molecule has 3 rings (SSSR count). The van der Waals surface area contributed by atoms with Crippen molar-refractivity contribution in [2.75, 3.05) is 19.0 Å². The molecule has 0 saturated heterocycles. The third kappa shape index (κ3) is 6.52. The summed E-state index contributed by atoms with van der Waals surface area (Å²) in [7, 11) is 1.27. The maximum atomic E-state index is 11.2. The van der Waals surface area contributed by atoms with Crippen LogP contribution in [0, 0.1) is 0 Å². The number of anilines is 1. The summed E-state index contributed by atoms with van der Waals surface area (Å²) in [4.78, 5) is 11.2. The van der Waals surface area contributed by atoms with Gasteiger partial charge in [0.15, 0.2) is 6.10 Å². The van der Waals surface area contributed by atoms with Gasteiger partial charge in [-0.15, -0.1) is 0 Å². The minimum atomic E-state index is -2.67. The first-order valence-electron chi connectivity index (χ1n) is 10.2. The predicted molar refractivity (Wildman–Crippen MR) is 126 cm³/mol. The van der Waals surface area contributed by atoms with Gasteiger partial charge < -0.3 is 35.6 Å².